The van der Waals surface area contributed by atoms with Gasteiger partial charge in [0, 0.05) is 28.3 Å². The molecule has 0 heterocycles. The van der Waals surface area contributed by atoms with E-state index in [2.05, 4.69) is 0 Å². The standard InChI is InChI=1S/Al.As.Ga.Si/q;-3;+3;. The maximum Gasteiger partial charge on any atom is 3.00 e. The van der Waals surface area contributed by atoms with E-state index in [4.69, 9.17) is 0 Å². The predicted octanol–water partition coefficient (Wildman–Crippen LogP) is -1.52. The molecule has 0 aromatic heterocycles. The molecule has 0 amide bonds. The second-order valence-corrected chi connectivity index (χ2v) is 0. The minimum absolute atomic E-state index is 0. The van der Waals surface area contributed by atoms with Gasteiger partial charge < -0.3 is 18.0 Å². The Kier molecular flexibility index (Phi) is 196. The van der Waals surface area contributed by atoms with Gasteiger partial charge >= 0.3 is 19.8 Å². The van der Waals surface area contributed by atoms with E-state index in [1.165, 1.54) is 0 Å². The largest absolute Gasteiger partial charge is 3.00 e. The van der Waals surface area contributed by atoms with Crippen molar-refractivity contribution >= 4 is 66.1 Å². The maximum absolute atomic E-state index is 0. The molecule has 0 aliphatic carbocycles. The molecule has 0 unspecified atom stereocenters. The van der Waals surface area contributed by atoms with Crippen molar-refractivity contribution in [3.8, 4) is 0 Å². The monoisotopic (exact) mass is 199 g/mol. The molecule has 15 valence electrons. The molecular formula is AlAsGaSi. The summed E-state index contributed by atoms with van der Waals surface area (Å²) < 4.78 is 0. The summed E-state index contributed by atoms with van der Waals surface area (Å²) in [5, 5.41) is 0. The van der Waals surface area contributed by atoms with Gasteiger partial charge in [-0.1, -0.05) is 0 Å². The summed E-state index contributed by atoms with van der Waals surface area (Å²) in [5.74, 6) is 0. The molecule has 0 N–H and O–H groups in total. The molecule has 0 saturated heterocycles. The smallest absolute Gasteiger partial charge is 3.00 e. The van der Waals surface area contributed by atoms with E-state index in [0.29, 0.717) is 0 Å². The van der Waals surface area contributed by atoms with Crippen LogP contribution in [0.1, 0.15) is 0 Å². The Morgan fingerprint density at radius 1 is 1.00 bits per heavy atom. The molecular weight excluding hydrogens is 200 g/mol. The average molecular weight is 200 g/mol. The van der Waals surface area contributed by atoms with Crippen LogP contribution in [0.3, 0.4) is 0 Å². The molecule has 0 rings (SSSR count). The summed E-state index contributed by atoms with van der Waals surface area (Å²) >= 11 is 0. The van der Waals surface area contributed by atoms with Crippen LogP contribution in [-0.4, -0.2) is 66.1 Å². The van der Waals surface area contributed by atoms with E-state index in [9.17, 15) is 0 Å². The third-order valence-corrected chi connectivity index (χ3v) is 0. The maximum atomic E-state index is 0. The summed E-state index contributed by atoms with van der Waals surface area (Å²) in [4.78, 5) is 0. The van der Waals surface area contributed by atoms with E-state index in [1.54, 1.807) is 0 Å². The van der Waals surface area contributed by atoms with Crippen molar-refractivity contribution in [1.82, 2.24) is 0 Å². The number of rotatable bonds is 0. The molecule has 4 heteroatoms. The average Bonchev–Trinajstić information content (AvgIpc) is 0. The number of hydrogen-bond acceptors (Lipinski definition) is 0. The molecule has 0 aromatic carbocycles. The molecule has 0 nitrogen and oxygen atoms in total. The molecule has 0 aliphatic rings. The molecule has 0 fully saturated rings. The van der Waals surface area contributed by atoms with Gasteiger partial charge in [-0.05, 0) is 0 Å². The Morgan fingerprint density at radius 2 is 1.00 bits per heavy atom. The Bertz CT molecular complexity index is 8.00. The van der Waals surface area contributed by atoms with Crippen molar-refractivity contribution in [3.63, 3.8) is 0 Å². The molecule has 0 aliphatic heterocycles. The molecule has 0 saturated carbocycles. The minimum Gasteiger partial charge on any atom is -3.00 e. The van der Waals surface area contributed by atoms with Gasteiger partial charge in [-0.3, -0.25) is 0 Å². The summed E-state index contributed by atoms with van der Waals surface area (Å²) in [7, 11) is 0. The van der Waals surface area contributed by atoms with E-state index < -0.39 is 0 Å². The van der Waals surface area contributed by atoms with Gasteiger partial charge in [-0.15, -0.1) is 0 Å². The fourth-order valence-electron chi connectivity index (χ4n) is 0. The van der Waals surface area contributed by atoms with Crippen molar-refractivity contribution < 1.29 is 0 Å². The van der Waals surface area contributed by atoms with E-state index in [-0.39, 0.29) is 66.1 Å². The van der Waals surface area contributed by atoms with E-state index in [1.807, 2.05) is 0 Å². The van der Waals surface area contributed by atoms with Crippen LogP contribution in [0.2, 0.25) is 0 Å². The van der Waals surface area contributed by atoms with E-state index >= 15 is 0 Å². The molecule has 0 spiro atoms. The van der Waals surface area contributed by atoms with Gasteiger partial charge in [0.25, 0.3) is 0 Å². The molecule has 0 atom stereocenters. The van der Waals surface area contributed by atoms with Crippen molar-refractivity contribution in [2.75, 3.05) is 0 Å². The first-order chi connectivity index (χ1) is 0. The summed E-state index contributed by atoms with van der Waals surface area (Å²) in [6.07, 6.45) is 0. The quantitative estimate of drug-likeness (QED) is 0.416. The fourth-order valence-corrected chi connectivity index (χ4v) is 0. The zero-order chi connectivity index (χ0) is 0. The van der Waals surface area contributed by atoms with Gasteiger partial charge in [0.1, 0.15) is 0 Å². The van der Waals surface area contributed by atoms with Crippen LogP contribution in [0.4, 0.5) is 0 Å². The second-order valence-electron chi connectivity index (χ2n) is 0. The Balaban J connectivity index is 0. The second kappa shape index (κ2) is 20.3. The van der Waals surface area contributed by atoms with Crippen molar-refractivity contribution in [3.05, 3.63) is 0 Å². The van der Waals surface area contributed by atoms with Gasteiger partial charge in [-0.2, -0.15) is 0 Å². The van der Waals surface area contributed by atoms with Crippen LogP contribution in [0, 0.1) is 0 Å². The zero-order valence-electron chi connectivity index (χ0n) is 2.10. The summed E-state index contributed by atoms with van der Waals surface area (Å²) in [6, 6.07) is 0. The van der Waals surface area contributed by atoms with Gasteiger partial charge in [-0.25, -0.2) is 0 Å². The van der Waals surface area contributed by atoms with Gasteiger partial charge in [0.05, 0.1) is 0 Å². The first-order valence-corrected chi connectivity index (χ1v) is 0. The molecule has 0 bridgehead atoms. The first-order valence-electron chi connectivity index (χ1n) is 0. The van der Waals surface area contributed by atoms with Crippen molar-refractivity contribution in [2.45, 2.75) is 0 Å². The van der Waals surface area contributed by atoms with Crippen LogP contribution in [-0.2, 0) is 0 Å². The Hall–Kier alpha value is 1.94. The van der Waals surface area contributed by atoms with Crippen molar-refractivity contribution in [2.24, 2.45) is 0 Å². The molecule has 7 radical (unpaired) electrons. The van der Waals surface area contributed by atoms with Crippen LogP contribution in [0.5, 0.6) is 0 Å². The first kappa shape index (κ1) is 38.4. The van der Waals surface area contributed by atoms with Gasteiger partial charge in [0.2, 0.25) is 0 Å². The van der Waals surface area contributed by atoms with Crippen LogP contribution in [0.15, 0.2) is 0 Å². The topological polar surface area (TPSA) is 0 Å². The number of hydrogen-bond donors (Lipinski definition) is 0. The SMILES string of the molecule is [Al].[As-3].[Ga+3].[Si]. The molecule has 4 heavy (non-hydrogen) atoms. The van der Waals surface area contributed by atoms with Gasteiger partial charge in [0.15, 0.2) is 0 Å². The third-order valence-electron chi connectivity index (χ3n) is 0. The molecule has 0 aromatic rings. The zero-order valence-corrected chi connectivity index (χ0v) is 8.56. The van der Waals surface area contributed by atoms with E-state index in [0.717, 1.165) is 0 Å². The Labute approximate surface area is 65.6 Å². The van der Waals surface area contributed by atoms with Crippen molar-refractivity contribution in [1.29, 1.82) is 0 Å². The van der Waals surface area contributed by atoms with Crippen LogP contribution < -0.4 is 0 Å². The van der Waals surface area contributed by atoms with Crippen LogP contribution in [0.25, 0.3) is 0 Å². The Morgan fingerprint density at radius 3 is 1.00 bits per heavy atom. The predicted molar refractivity (Wildman–Crippen MR) is 23.0 cm³/mol. The third kappa shape index (κ3) is 9.05. The summed E-state index contributed by atoms with van der Waals surface area (Å²) in [6.45, 7) is 0. The fraction of sp³-hybridized carbons (Fsp3) is 0. The summed E-state index contributed by atoms with van der Waals surface area (Å²) in [5.41, 5.74) is 0. The normalized spacial score (nSPS) is 0. The minimum atomic E-state index is 0. The van der Waals surface area contributed by atoms with Crippen LogP contribution >= 0.6 is 0 Å².